The molecule has 0 heterocycles. The Labute approximate surface area is 155 Å². The zero-order chi connectivity index (χ0) is 19.6. The van der Waals surface area contributed by atoms with E-state index < -0.39 is 23.6 Å². The first-order chi connectivity index (χ1) is 12.9. The standard InChI is InChI=1S/C20H21F2N3O2/c1-11-7-13(11)19(26)24-10-18(12-5-3-2-4-6-12)25-20(27)14-8-15(21)16(22)9-17(14)23/h2-6,8-9,11,13,18H,7,10,23H2,1H3,(H,24,26)(H,25,27)/t11-,13-,18?/m0/s1. The Balaban J connectivity index is 1.75. The van der Waals surface area contributed by atoms with Gasteiger partial charge in [0, 0.05) is 24.2 Å². The van der Waals surface area contributed by atoms with Crippen molar-refractivity contribution in [1.29, 1.82) is 0 Å². The predicted molar refractivity (Wildman–Crippen MR) is 97.7 cm³/mol. The van der Waals surface area contributed by atoms with E-state index in [9.17, 15) is 18.4 Å². The average Bonchev–Trinajstić information content (AvgIpc) is 3.38. The molecule has 27 heavy (non-hydrogen) atoms. The van der Waals surface area contributed by atoms with Crippen LogP contribution in [0.25, 0.3) is 0 Å². The molecule has 1 unspecified atom stereocenters. The Morgan fingerprint density at radius 3 is 2.44 bits per heavy atom. The predicted octanol–water partition coefficient (Wildman–Crippen LogP) is 2.79. The van der Waals surface area contributed by atoms with Gasteiger partial charge in [0.15, 0.2) is 11.6 Å². The molecular weight excluding hydrogens is 352 g/mol. The van der Waals surface area contributed by atoms with E-state index in [0.29, 0.717) is 5.92 Å². The van der Waals surface area contributed by atoms with Gasteiger partial charge in [-0.15, -0.1) is 0 Å². The van der Waals surface area contributed by atoms with Gasteiger partial charge in [0.1, 0.15) is 0 Å². The van der Waals surface area contributed by atoms with Crippen molar-refractivity contribution in [3.8, 4) is 0 Å². The highest BCUT2D eigenvalue weighted by Gasteiger charge is 2.39. The average molecular weight is 373 g/mol. The van der Waals surface area contributed by atoms with Crippen molar-refractivity contribution in [2.75, 3.05) is 12.3 Å². The van der Waals surface area contributed by atoms with Crippen molar-refractivity contribution in [2.24, 2.45) is 11.8 Å². The minimum absolute atomic E-state index is 0.0129. The molecule has 2 amide bonds. The Kier molecular flexibility index (Phi) is 5.39. The summed E-state index contributed by atoms with van der Waals surface area (Å²) in [5, 5.41) is 5.59. The number of amides is 2. The zero-order valence-corrected chi connectivity index (χ0v) is 14.8. The Morgan fingerprint density at radius 1 is 1.19 bits per heavy atom. The second-order valence-electron chi connectivity index (χ2n) is 6.85. The molecule has 1 aliphatic carbocycles. The van der Waals surface area contributed by atoms with Crippen LogP contribution in [0.15, 0.2) is 42.5 Å². The number of halogens is 2. The maximum absolute atomic E-state index is 13.5. The summed E-state index contributed by atoms with van der Waals surface area (Å²) in [5.74, 6) is -2.58. The van der Waals surface area contributed by atoms with Gasteiger partial charge in [0.05, 0.1) is 11.6 Å². The van der Waals surface area contributed by atoms with Crippen LogP contribution < -0.4 is 16.4 Å². The monoisotopic (exact) mass is 373 g/mol. The second kappa shape index (κ2) is 7.73. The summed E-state index contributed by atoms with van der Waals surface area (Å²) in [5.41, 5.74) is 6.11. The SMILES string of the molecule is C[C@H]1C[C@@H]1C(=O)NCC(NC(=O)c1cc(F)c(F)cc1N)c1ccccc1. The molecule has 7 heteroatoms. The summed E-state index contributed by atoms with van der Waals surface area (Å²) in [4.78, 5) is 24.7. The van der Waals surface area contributed by atoms with Gasteiger partial charge in [0.25, 0.3) is 5.91 Å². The molecule has 0 aromatic heterocycles. The van der Waals surface area contributed by atoms with Crippen molar-refractivity contribution < 1.29 is 18.4 Å². The lowest BCUT2D eigenvalue weighted by Crippen LogP contribution is -2.38. The Morgan fingerprint density at radius 2 is 1.81 bits per heavy atom. The van der Waals surface area contributed by atoms with Crippen molar-refractivity contribution in [1.82, 2.24) is 10.6 Å². The van der Waals surface area contributed by atoms with Crippen LogP contribution in [0.3, 0.4) is 0 Å². The highest BCUT2D eigenvalue weighted by molar-refractivity contribution is 5.99. The Bertz CT molecular complexity index is 858. The highest BCUT2D eigenvalue weighted by Crippen LogP contribution is 2.37. The van der Waals surface area contributed by atoms with Gasteiger partial charge < -0.3 is 16.4 Å². The van der Waals surface area contributed by atoms with Gasteiger partial charge in [-0.1, -0.05) is 37.3 Å². The van der Waals surface area contributed by atoms with Crippen LogP contribution in [0, 0.1) is 23.5 Å². The van der Waals surface area contributed by atoms with Crippen LogP contribution >= 0.6 is 0 Å². The highest BCUT2D eigenvalue weighted by atomic mass is 19.2. The summed E-state index contributed by atoms with van der Waals surface area (Å²) in [7, 11) is 0. The Hall–Kier alpha value is -2.96. The molecule has 0 spiro atoms. The third-order valence-electron chi connectivity index (χ3n) is 4.77. The van der Waals surface area contributed by atoms with Crippen molar-refractivity contribution in [3.05, 3.63) is 65.2 Å². The number of carbonyl (C=O) groups is 2. The molecule has 4 N–H and O–H groups in total. The number of carbonyl (C=O) groups excluding carboxylic acids is 2. The van der Waals surface area contributed by atoms with Crippen LogP contribution in [0.4, 0.5) is 14.5 Å². The molecule has 1 saturated carbocycles. The smallest absolute Gasteiger partial charge is 0.254 e. The van der Waals surface area contributed by atoms with Gasteiger partial charge in [0.2, 0.25) is 5.91 Å². The number of rotatable bonds is 6. The molecular formula is C20H21F2N3O2. The number of hydrogen-bond acceptors (Lipinski definition) is 3. The first-order valence-corrected chi connectivity index (χ1v) is 8.75. The van der Waals surface area contributed by atoms with Crippen LogP contribution in [0.5, 0.6) is 0 Å². The maximum Gasteiger partial charge on any atom is 0.254 e. The molecule has 0 aliphatic heterocycles. The number of hydrogen-bond donors (Lipinski definition) is 3. The van der Waals surface area contributed by atoms with E-state index in [1.807, 2.05) is 37.3 Å². The lowest BCUT2D eigenvalue weighted by molar-refractivity contribution is -0.122. The lowest BCUT2D eigenvalue weighted by atomic mass is 10.1. The van der Waals surface area contributed by atoms with E-state index >= 15 is 0 Å². The topological polar surface area (TPSA) is 84.2 Å². The van der Waals surface area contributed by atoms with Crippen molar-refractivity contribution in [2.45, 2.75) is 19.4 Å². The molecule has 5 nitrogen and oxygen atoms in total. The van der Waals surface area contributed by atoms with E-state index in [4.69, 9.17) is 5.73 Å². The molecule has 1 aliphatic rings. The number of anilines is 1. The zero-order valence-electron chi connectivity index (χ0n) is 14.8. The third-order valence-corrected chi connectivity index (χ3v) is 4.77. The normalized spacial score (nSPS) is 19.2. The summed E-state index contributed by atoms with van der Waals surface area (Å²) in [6.07, 6.45) is 0.861. The van der Waals surface area contributed by atoms with E-state index in [1.165, 1.54) is 0 Å². The van der Waals surface area contributed by atoms with E-state index in [0.717, 1.165) is 24.1 Å². The number of nitrogens with one attached hydrogen (secondary N) is 2. The van der Waals surface area contributed by atoms with Crippen molar-refractivity contribution in [3.63, 3.8) is 0 Å². The molecule has 2 aromatic carbocycles. The first-order valence-electron chi connectivity index (χ1n) is 8.75. The summed E-state index contributed by atoms with van der Waals surface area (Å²) in [6, 6.07) is 10.1. The molecule has 3 rings (SSSR count). The molecule has 0 bridgehead atoms. The first kappa shape index (κ1) is 18.8. The van der Waals surface area contributed by atoms with E-state index in [1.54, 1.807) is 0 Å². The van der Waals surface area contributed by atoms with Gasteiger partial charge in [-0.05, 0) is 24.0 Å². The molecule has 2 aromatic rings. The molecule has 0 radical (unpaired) electrons. The lowest BCUT2D eigenvalue weighted by Gasteiger charge is -2.20. The van der Waals surface area contributed by atoms with Crippen LogP contribution in [0.1, 0.15) is 35.3 Å². The molecule has 0 saturated heterocycles. The van der Waals surface area contributed by atoms with Gasteiger partial charge in [-0.2, -0.15) is 0 Å². The molecule has 3 atom stereocenters. The summed E-state index contributed by atoms with van der Waals surface area (Å²) >= 11 is 0. The number of benzene rings is 2. The van der Waals surface area contributed by atoms with Gasteiger partial charge >= 0.3 is 0 Å². The number of nitrogen functional groups attached to an aromatic ring is 1. The third kappa shape index (κ3) is 4.42. The fourth-order valence-electron chi connectivity index (χ4n) is 2.95. The number of nitrogens with two attached hydrogens (primary N) is 1. The van der Waals surface area contributed by atoms with Crippen LogP contribution in [-0.4, -0.2) is 18.4 Å². The maximum atomic E-state index is 13.5. The molecule has 142 valence electrons. The minimum Gasteiger partial charge on any atom is -0.398 e. The molecule has 1 fully saturated rings. The largest absolute Gasteiger partial charge is 0.398 e. The summed E-state index contributed by atoms with van der Waals surface area (Å²) < 4.78 is 26.7. The minimum atomic E-state index is -1.15. The second-order valence-corrected chi connectivity index (χ2v) is 6.85. The van der Waals surface area contributed by atoms with Crippen LogP contribution in [0.2, 0.25) is 0 Å². The van der Waals surface area contributed by atoms with Gasteiger partial charge in [-0.3, -0.25) is 9.59 Å². The van der Waals surface area contributed by atoms with Crippen molar-refractivity contribution >= 4 is 17.5 Å². The fourth-order valence-corrected chi connectivity index (χ4v) is 2.95. The van der Waals surface area contributed by atoms with E-state index in [2.05, 4.69) is 10.6 Å². The van der Waals surface area contributed by atoms with E-state index in [-0.39, 0.29) is 29.6 Å². The summed E-state index contributed by atoms with van der Waals surface area (Å²) in [6.45, 7) is 2.19. The fraction of sp³-hybridized carbons (Fsp3) is 0.300. The van der Waals surface area contributed by atoms with Crippen LogP contribution in [-0.2, 0) is 4.79 Å². The quantitative estimate of drug-likeness (QED) is 0.681. The van der Waals surface area contributed by atoms with Gasteiger partial charge in [-0.25, -0.2) is 8.78 Å².